The molecule has 1 unspecified atom stereocenters. The van der Waals surface area contributed by atoms with Crippen LogP contribution in [-0.4, -0.2) is 14.9 Å². The van der Waals surface area contributed by atoms with E-state index in [-0.39, 0.29) is 0 Å². The molecule has 1 atom stereocenters. The molecule has 0 radical (unpaired) electrons. The summed E-state index contributed by atoms with van der Waals surface area (Å²) in [6.07, 6.45) is 1.83. The van der Waals surface area contributed by atoms with E-state index in [1.54, 1.807) is 11.6 Å². The third-order valence-corrected chi connectivity index (χ3v) is 3.34. The van der Waals surface area contributed by atoms with Crippen molar-refractivity contribution >= 4 is 22.6 Å². The molecule has 1 heterocycles. The highest BCUT2D eigenvalue weighted by Gasteiger charge is 2.27. The number of hydrogen-bond acceptors (Lipinski definition) is 2. The number of aryl methyl sites for hydroxylation is 1. The first-order chi connectivity index (χ1) is 7.50. The van der Waals surface area contributed by atoms with Crippen LogP contribution < -0.4 is 0 Å². The lowest BCUT2D eigenvalue weighted by atomic mass is 9.93. The molecule has 0 bridgehead atoms. The Morgan fingerprint density at radius 1 is 1.25 bits per heavy atom. The Hall–Kier alpha value is -0.880. The Labute approximate surface area is 108 Å². The van der Waals surface area contributed by atoms with Crippen molar-refractivity contribution in [3.8, 4) is 0 Å². The molecule has 0 aliphatic carbocycles. The molecule has 1 aromatic heterocycles. The second-order valence-corrected chi connectivity index (χ2v) is 5.20. The lowest BCUT2D eigenvalue weighted by molar-refractivity contribution is 0.0967. The Bertz CT molecular complexity index is 488. The predicted molar refractivity (Wildman–Crippen MR) is 71.0 cm³/mol. The van der Waals surface area contributed by atoms with Gasteiger partial charge >= 0.3 is 0 Å². The van der Waals surface area contributed by atoms with Crippen molar-refractivity contribution in [2.75, 3.05) is 0 Å². The topological polar surface area (TPSA) is 38.0 Å². The predicted octanol–water partition coefficient (Wildman–Crippen LogP) is 2.28. The summed E-state index contributed by atoms with van der Waals surface area (Å²) in [6.45, 7) is 1.76. The van der Waals surface area contributed by atoms with Gasteiger partial charge in [-0.25, -0.2) is 0 Å². The van der Waals surface area contributed by atoms with Crippen LogP contribution in [0.2, 0.25) is 0 Å². The maximum atomic E-state index is 10.5. The van der Waals surface area contributed by atoms with Gasteiger partial charge in [-0.3, -0.25) is 4.68 Å². The molecule has 0 saturated heterocycles. The first-order valence-corrected chi connectivity index (χ1v) is 6.06. The highest BCUT2D eigenvalue weighted by atomic mass is 127. The van der Waals surface area contributed by atoms with Crippen LogP contribution in [0.1, 0.15) is 18.2 Å². The lowest BCUT2D eigenvalue weighted by Gasteiger charge is -2.21. The zero-order valence-electron chi connectivity index (χ0n) is 9.18. The minimum absolute atomic E-state index is 0.663. The first kappa shape index (κ1) is 11.6. The van der Waals surface area contributed by atoms with Gasteiger partial charge in [0.2, 0.25) is 0 Å². The van der Waals surface area contributed by atoms with Crippen molar-refractivity contribution in [3.05, 3.63) is 51.4 Å². The molecule has 4 heteroatoms. The fourth-order valence-electron chi connectivity index (χ4n) is 1.60. The molecule has 0 aliphatic heterocycles. The van der Waals surface area contributed by atoms with Crippen molar-refractivity contribution in [3.63, 3.8) is 0 Å². The molecule has 0 spiro atoms. The van der Waals surface area contributed by atoms with Crippen molar-refractivity contribution < 1.29 is 5.11 Å². The summed E-state index contributed by atoms with van der Waals surface area (Å²) in [5.41, 5.74) is 0.480. The highest BCUT2D eigenvalue weighted by molar-refractivity contribution is 14.1. The van der Waals surface area contributed by atoms with E-state index in [9.17, 15) is 5.11 Å². The van der Waals surface area contributed by atoms with Gasteiger partial charge in [-0.1, -0.05) is 12.1 Å². The van der Waals surface area contributed by atoms with Gasteiger partial charge in [-0.15, -0.1) is 0 Å². The van der Waals surface area contributed by atoms with E-state index in [1.165, 1.54) is 0 Å². The molecular formula is C12H13IN2O. The molecule has 0 saturated carbocycles. The van der Waals surface area contributed by atoms with E-state index in [1.807, 2.05) is 43.6 Å². The zero-order valence-corrected chi connectivity index (χ0v) is 11.3. The normalized spacial score (nSPS) is 14.8. The summed E-state index contributed by atoms with van der Waals surface area (Å²) < 4.78 is 2.84. The van der Waals surface area contributed by atoms with Gasteiger partial charge in [0.05, 0.1) is 5.69 Å². The van der Waals surface area contributed by atoms with Crippen LogP contribution in [0, 0.1) is 3.57 Å². The van der Waals surface area contributed by atoms with Crippen LogP contribution in [0.5, 0.6) is 0 Å². The molecule has 0 aliphatic rings. The molecule has 84 valence electrons. The van der Waals surface area contributed by atoms with Crippen LogP contribution in [0.4, 0.5) is 0 Å². The fourth-order valence-corrected chi connectivity index (χ4v) is 1.96. The van der Waals surface area contributed by atoms with Gasteiger partial charge in [0.15, 0.2) is 0 Å². The fraction of sp³-hybridized carbons (Fsp3) is 0.250. The monoisotopic (exact) mass is 328 g/mol. The quantitative estimate of drug-likeness (QED) is 0.859. The number of halogens is 1. The van der Waals surface area contributed by atoms with E-state index >= 15 is 0 Å². The second-order valence-electron chi connectivity index (χ2n) is 3.95. The summed E-state index contributed by atoms with van der Waals surface area (Å²) in [5.74, 6) is 0. The Morgan fingerprint density at radius 2 is 1.88 bits per heavy atom. The standard InChI is InChI=1S/C12H13IN2O/c1-12(16,11-7-8-15(2)14-11)9-3-5-10(13)6-4-9/h3-8,16H,1-2H3. The number of benzene rings is 1. The van der Waals surface area contributed by atoms with Gasteiger partial charge in [0.25, 0.3) is 0 Å². The van der Waals surface area contributed by atoms with Gasteiger partial charge in [-0.05, 0) is 53.3 Å². The van der Waals surface area contributed by atoms with E-state index in [0.717, 1.165) is 9.13 Å². The van der Waals surface area contributed by atoms with E-state index in [2.05, 4.69) is 27.7 Å². The molecule has 1 aromatic carbocycles. The molecule has 0 amide bonds. The number of nitrogens with zero attached hydrogens (tertiary/aromatic N) is 2. The highest BCUT2D eigenvalue weighted by Crippen LogP contribution is 2.27. The SMILES string of the molecule is Cn1ccc(C(C)(O)c2ccc(I)cc2)n1. The van der Waals surface area contributed by atoms with Crippen LogP contribution in [-0.2, 0) is 12.6 Å². The second kappa shape index (κ2) is 4.18. The van der Waals surface area contributed by atoms with Gasteiger partial charge in [0, 0.05) is 16.8 Å². The molecule has 2 rings (SSSR count). The van der Waals surface area contributed by atoms with Gasteiger partial charge < -0.3 is 5.11 Å². The van der Waals surface area contributed by atoms with Crippen LogP contribution in [0.3, 0.4) is 0 Å². The first-order valence-electron chi connectivity index (χ1n) is 4.98. The molecule has 0 fully saturated rings. The smallest absolute Gasteiger partial charge is 0.130 e. The number of hydrogen-bond donors (Lipinski definition) is 1. The van der Waals surface area contributed by atoms with Gasteiger partial charge in [0.1, 0.15) is 5.60 Å². The van der Waals surface area contributed by atoms with Crippen molar-refractivity contribution in [1.82, 2.24) is 9.78 Å². The average Bonchev–Trinajstić information content (AvgIpc) is 2.66. The number of aromatic nitrogens is 2. The van der Waals surface area contributed by atoms with Crippen molar-refractivity contribution in [2.24, 2.45) is 7.05 Å². The Balaban J connectivity index is 2.42. The maximum Gasteiger partial charge on any atom is 0.130 e. The van der Waals surface area contributed by atoms with Crippen LogP contribution in [0.15, 0.2) is 36.5 Å². The maximum absolute atomic E-state index is 10.5. The summed E-state index contributed by atoms with van der Waals surface area (Å²) in [7, 11) is 1.84. The molecule has 2 aromatic rings. The van der Waals surface area contributed by atoms with Gasteiger partial charge in [-0.2, -0.15) is 5.10 Å². The van der Waals surface area contributed by atoms with E-state index < -0.39 is 5.60 Å². The van der Waals surface area contributed by atoms with E-state index in [4.69, 9.17) is 0 Å². The number of aliphatic hydroxyl groups is 1. The van der Waals surface area contributed by atoms with Crippen molar-refractivity contribution in [2.45, 2.75) is 12.5 Å². The summed E-state index contributed by atoms with van der Waals surface area (Å²) in [6, 6.07) is 9.64. The van der Waals surface area contributed by atoms with Crippen LogP contribution >= 0.6 is 22.6 Å². The number of rotatable bonds is 2. The van der Waals surface area contributed by atoms with E-state index in [0.29, 0.717) is 5.69 Å². The summed E-state index contributed by atoms with van der Waals surface area (Å²) >= 11 is 2.24. The minimum atomic E-state index is -1.04. The molecule has 3 nitrogen and oxygen atoms in total. The minimum Gasteiger partial charge on any atom is -0.379 e. The summed E-state index contributed by atoms with van der Waals surface area (Å²) in [5, 5.41) is 14.7. The van der Waals surface area contributed by atoms with Crippen LogP contribution in [0.25, 0.3) is 0 Å². The molecule has 16 heavy (non-hydrogen) atoms. The Morgan fingerprint density at radius 3 is 2.38 bits per heavy atom. The third-order valence-electron chi connectivity index (χ3n) is 2.62. The largest absolute Gasteiger partial charge is 0.379 e. The molecular weight excluding hydrogens is 315 g/mol. The lowest BCUT2D eigenvalue weighted by Crippen LogP contribution is -2.23. The van der Waals surface area contributed by atoms with Crippen molar-refractivity contribution in [1.29, 1.82) is 0 Å². The summed E-state index contributed by atoms with van der Waals surface area (Å²) in [4.78, 5) is 0. The zero-order chi connectivity index (χ0) is 11.8. The third kappa shape index (κ3) is 2.12. The molecule has 1 N–H and O–H groups in total. The Kier molecular flexibility index (Phi) is 3.03. The average molecular weight is 328 g/mol.